The summed E-state index contributed by atoms with van der Waals surface area (Å²) in [4.78, 5) is 9.02. The Bertz CT molecular complexity index is 477. The summed E-state index contributed by atoms with van der Waals surface area (Å²) < 4.78 is 0. The largest absolute Gasteiger partial charge is 0.395 e. The number of anilines is 1. The molecule has 6 nitrogen and oxygen atoms in total. The van der Waals surface area contributed by atoms with Crippen molar-refractivity contribution in [3.8, 4) is 0 Å². The van der Waals surface area contributed by atoms with Gasteiger partial charge in [-0.25, -0.2) is 4.98 Å². The minimum Gasteiger partial charge on any atom is -0.395 e. The number of β-amino-alcohol motifs (C(OH)–C–C–N with tert-alkyl or cyclic N) is 1. The van der Waals surface area contributed by atoms with Gasteiger partial charge in [0.25, 0.3) is 0 Å². The number of hydrogen-bond acceptors (Lipinski definition) is 5. The zero-order valence-corrected chi connectivity index (χ0v) is 12.0. The van der Waals surface area contributed by atoms with Crippen molar-refractivity contribution >= 4 is 11.7 Å². The summed E-state index contributed by atoms with van der Waals surface area (Å²) in [6, 6.07) is 3.76. The summed E-state index contributed by atoms with van der Waals surface area (Å²) >= 11 is 0. The fourth-order valence-corrected chi connectivity index (χ4v) is 2.54. The van der Waals surface area contributed by atoms with E-state index < -0.39 is 0 Å². The number of nitrogens with two attached hydrogens (primary N) is 1. The van der Waals surface area contributed by atoms with Gasteiger partial charge in [-0.1, -0.05) is 0 Å². The van der Waals surface area contributed by atoms with E-state index in [9.17, 15) is 0 Å². The number of nitrogen functional groups attached to an aromatic ring is 1. The second-order valence-corrected chi connectivity index (χ2v) is 5.14. The number of rotatable bonds is 4. The topological polar surface area (TPSA) is 89.5 Å². The number of pyridine rings is 1. The third-order valence-corrected chi connectivity index (χ3v) is 3.61. The van der Waals surface area contributed by atoms with Crippen molar-refractivity contribution in [2.75, 3.05) is 44.2 Å². The molecule has 4 N–H and O–H groups in total. The van der Waals surface area contributed by atoms with E-state index in [0.29, 0.717) is 12.1 Å². The number of nitrogens with one attached hydrogen (secondary N) is 1. The van der Waals surface area contributed by atoms with Crippen LogP contribution in [-0.4, -0.2) is 60.2 Å². The number of amidine groups is 1. The molecule has 0 spiro atoms. The van der Waals surface area contributed by atoms with E-state index in [1.807, 2.05) is 19.1 Å². The molecule has 6 heteroatoms. The first-order valence-electron chi connectivity index (χ1n) is 7.02. The lowest BCUT2D eigenvalue weighted by molar-refractivity contribution is 0.204. The second-order valence-electron chi connectivity index (χ2n) is 5.14. The molecule has 1 aromatic heterocycles. The molecule has 0 radical (unpaired) electrons. The summed E-state index contributed by atoms with van der Waals surface area (Å²) in [7, 11) is 0. The van der Waals surface area contributed by atoms with Crippen LogP contribution >= 0.6 is 0 Å². The van der Waals surface area contributed by atoms with Crippen molar-refractivity contribution in [3.05, 3.63) is 23.4 Å². The fourth-order valence-electron chi connectivity index (χ4n) is 2.54. The van der Waals surface area contributed by atoms with Crippen LogP contribution in [-0.2, 0) is 0 Å². The summed E-state index contributed by atoms with van der Waals surface area (Å²) in [5.74, 6) is 0.868. The molecular weight excluding hydrogens is 254 g/mol. The van der Waals surface area contributed by atoms with Crippen LogP contribution in [0, 0.1) is 12.3 Å². The average molecular weight is 277 g/mol. The van der Waals surface area contributed by atoms with E-state index in [4.69, 9.17) is 16.2 Å². The Morgan fingerprint density at radius 1 is 1.35 bits per heavy atom. The van der Waals surface area contributed by atoms with Crippen LogP contribution in [0.1, 0.15) is 17.7 Å². The Balaban J connectivity index is 2.18. The highest BCUT2D eigenvalue weighted by molar-refractivity contribution is 5.99. The standard InChI is InChI=1S/C14H23N5O/c1-11-3-4-12(13(15)16)14(17-11)19-6-2-5-18(7-8-19)9-10-20/h3-4,20H,2,5-10H2,1H3,(H3,15,16). The van der Waals surface area contributed by atoms with E-state index in [0.717, 1.165) is 44.1 Å². The van der Waals surface area contributed by atoms with Gasteiger partial charge < -0.3 is 15.7 Å². The molecule has 1 saturated heterocycles. The lowest BCUT2D eigenvalue weighted by Gasteiger charge is -2.24. The molecule has 110 valence electrons. The van der Waals surface area contributed by atoms with Gasteiger partial charge in [0, 0.05) is 31.9 Å². The second kappa shape index (κ2) is 6.67. The van der Waals surface area contributed by atoms with Gasteiger partial charge in [-0.15, -0.1) is 0 Å². The van der Waals surface area contributed by atoms with Gasteiger partial charge in [0.05, 0.1) is 12.2 Å². The lowest BCUT2D eigenvalue weighted by Crippen LogP contribution is -2.33. The van der Waals surface area contributed by atoms with Crippen molar-refractivity contribution in [3.63, 3.8) is 0 Å². The van der Waals surface area contributed by atoms with E-state index in [2.05, 4.69) is 14.8 Å². The van der Waals surface area contributed by atoms with Gasteiger partial charge in [-0.3, -0.25) is 10.3 Å². The van der Waals surface area contributed by atoms with Gasteiger partial charge in [-0.2, -0.15) is 0 Å². The average Bonchev–Trinajstić information content (AvgIpc) is 2.64. The van der Waals surface area contributed by atoms with E-state index in [-0.39, 0.29) is 12.4 Å². The monoisotopic (exact) mass is 277 g/mol. The molecule has 20 heavy (non-hydrogen) atoms. The molecule has 0 aromatic carbocycles. The summed E-state index contributed by atoms with van der Waals surface area (Å²) in [5.41, 5.74) is 7.29. The molecular formula is C14H23N5O. The van der Waals surface area contributed by atoms with Crippen LogP contribution < -0.4 is 10.6 Å². The molecule has 1 aliphatic rings. The summed E-state index contributed by atoms with van der Waals surface area (Å²) in [5, 5.41) is 16.7. The molecule has 0 amide bonds. The Labute approximate surface area is 119 Å². The minimum absolute atomic E-state index is 0.0592. The van der Waals surface area contributed by atoms with Gasteiger partial charge in [0.15, 0.2) is 0 Å². The van der Waals surface area contributed by atoms with Crippen LogP contribution in [0.15, 0.2) is 12.1 Å². The molecule has 1 aliphatic heterocycles. The molecule has 0 atom stereocenters. The van der Waals surface area contributed by atoms with E-state index >= 15 is 0 Å². The molecule has 0 bridgehead atoms. The Morgan fingerprint density at radius 3 is 2.85 bits per heavy atom. The molecule has 0 saturated carbocycles. The zero-order valence-electron chi connectivity index (χ0n) is 12.0. The van der Waals surface area contributed by atoms with E-state index in [1.165, 1.54) is 0 Å². The molecule has 2 heterocycles. The normalized spacial score (nSPS) is 17.0. The zero-order chi connectivity index (χ0) is 14.5. The van der Waals surface area contributed by atoms with Gasteiger partial charge in [-0.05, 0) is 32.0 Å². The SMILES string of the molecule is Cc1ccc(C(=N)N)c(N2CCCN(CCO)CC2)n1. The van der Waals surface area contributed by atoms with Crippen LogP contribution in [0.3, 0.4) is 0 Å². The number of aromatic nitrogens is 1. The molecule has 0 unspecified atom stereocenters. The van der Waals surface area contributed by atoms with Gasteiger partial charge in [0.1, 0.15) is 11.7 Å². The first-order chi connectivity index (χ1) is 9.61. The maximum atomic E-state index is 9.03. The summed E-state index contributed by atoms with van der Waals surface area (Å²) in [6.45, 7) is 6.49. The molecule has 0 aliphatic carbocycles. The van der Waals surface area contributed by atoms with Crippen molar-refractivity contribution in [1.82, 2.24) is 9.88 Å². The summed E-state index contributed by atoms with van der Waals surface area (Å²) in [6.07, 6.45) is 1.02. The predicted molar refractivity (Wildman–Crippen MR) is 80.3 cm³/mol. The van der Waals surface area contributed by atoms with Crippen molar-refractivity contribution in [1.29, 1.82) is 5.41 Å². The first kappa shape index (κ1) is 14.7. The van der Waals surface area contributed by atoms with Gasteiger partial charge >= 0.3 is 0 Å². The third-order valence-electron chi connectivity index (χ3n) is 3.61. The van der Waals surface area contributed by atoms with Crippen LogP contribution in [0.5, 0.6) is 0 Å². The molecule has 1 fully saturated rings. The Kier molecular flexibility index (Phi) is 4.92. The number of nitrogens with zero attached hydrogens (tertiary/aromatic N) is 3. The van der Waals surface area contributed by atoms with Crippen molar-refractivity contribution < 1.29 is 5.11 Å². The number of aliphatic hydroxyl groups is 1. The number of aryl methyl sites for hydroxylation is 1. The van der Waals surface area contributed by atoms with E-state index in [1.54, 1.807) is 0 Å². The predicted octanol–water partition coefficient (Wildman–Crippen LogP) is 0.178. The van der Waals surface area contributed by atoms with Gasteiger partial charge in [0.2, 0.25) is 0 Å². The van der Waals surface area contributed by atoms with Crippen LogP contribution in [0.25, 0.3) is 0 Å². The number of aliphatic hydroxyl groups excluding tert-OH is 1. The highest BCUT2D eigenvalue weighted by Gasteiger charge is 2.19. The maximum absolute atomic E-state index is 9.03. The third kappa shape index (κ3) is 3.46. The quantitative estimate of drug-likeness (QED) is 0.539. The first-order valence-corrected chi connectivity index (χ1v) is 7.02. The maximum Gasteiger partial charge on any atom is 0.139 e. The van der Waals surface area contributed by atoms with Crippen molar-refractivity contribution in [2.45, 2.75) is 13.3 Å². The van der Waals surface area contributed by atoms with Crippen LogP contribution in [0.4, 0.5) is 5.82 Å². The molecule has 1 aromatic rings. The highest BCUT2D eigenvalue weighted by atomic mass is 16.3. The highest BCUT2D eigenvalue weighted by Crippen LogP contribution is 2.20. The fraction of sp³-hybridized carbons (Fsp3) is 0.571. The van der Waals surface area contributed by atoms with Crippen LogP contribution in [0.2, 0.25) is 0 Å². The number of hydrogen-bond donors (Lipinski definition) is 3. The smallest absolute Gasteiger partial charge is 0.139 e. The minimum atomic E-state index is 0.0592. The molecule has 2 rings (SSSR count). The Hall–Kier alpha value is -1.66. The Morgan fingerprint density at radius 2 is 2.15 bits per heavy atom. The lowest BCUT2D eigenvalue weighted by atomic mass is 10.2. The van der Waals surface area contributed by atoms with Crippen molar-refractivity contribution in [2.24, 2.45) is 5.73 Å².